The summed E-state index contributed by atoms with van der Waals surface area (Å²) < 4.78 is 43.6. The van der Waals surface area contributed by atoms with Crippen LogP contribution in [-0.2, 0) is 20.0 Å². The Morgan fingerprint density at radius 3 is 2.36 bits per heavy atom. The molecule has 7 nitrogen and oxygen atoms in total. The Morgan fingerprint density at radius 2 is 1.75 bits per heavy atom. The highest BCUT2D eigenvalue weighted by Crippen LogP contribution is 2.53. The molecule has 3 rings (SSSR count). The van der Waals surface area contributed by atoms with E-state index in [1.165, 1.54) is 42.7 Å². The molecule has 1 unspecified atom stereocenters. The summed E-state index contributed by atoms with van der Waals surface area (Å²) in [5.74, 6) is -0.648. The van der Waals surface area contributed by atoms with Gasteiger partial charge in [-0.15, -0.1) is 11.3 Å². The first-order chi connectivity index (χ1) is 17.1. The number of aromatic nitrogens is 1. The lowest BCUT2D eigenvalue weighted by atomic mass is 9.75. The van der Waals surface area contributed by atoms with Gasteiger partial charge in [0, 0.05) is 11.2 Å². The fraction of sp³-hybridized carbons (Fsp3) is 0.480. The third-order valence-electron chi connectivity index (χ3n) is 6.61. The van der Waals surface area contributed by atoms with Crippen molar-refractivity contribution < 1.29 is 22.8 Å². The number of thiazole rings is 1. The summed E-state index contributed by atoms with van der Waals surface area (Å²) >= 11 is 3.10. The Kier molecular flexibility index (Phi) is 10.2. The van der Waals surface area contributed by atoms with Gasteiger partial charge in [0.25, 0.3) is 0 Å². The molecule has 198 valence electrons. The molecule has 0 saturated carbocycles. The van der Waals surface area contributed by atoms with Crippen LogP contribution < -0.4 is 4.72 Å². The van der Waals surface area contributed by atoms with Crippen LogP contribution in [0.25, 0.3) is 10.2 Å². The molecule has 3 N–H and O–H groups in total. The minimum Gasteiger partial charge on any atom is -0.323 e. The molecule has 0 bridgehead atoms. The van der Waals surface area contributed by atoms with E-state index in [9.17, 15) is 22.8 Å². The average Bonchev–Trinajstić information content (AvgIpc) is 3.26. The highest BCUT2D eigenvalue weighted by molar-refractivity contribution is 8.01. The van der Waals surface area contributed by atoms with Crippen LogP contribution in [0.5, 0.6) is 0 Å². The molecule has 1 atom stereocenters. The second-order valence-electron chi connectivity index (χ2n) is 8.86. The lowest BCUT2D eigenvalue weighted by Crippen LogP contribution is -2.49. The number of nitrogens with zero attached hydrogens (tertiary/aromatic N) is 1. The van der Waals surface area contributed by atoms with Crippen molar-refractivity contribution in [1.29, 1.82) is 0 Å². The number of sulfonamides is 1. The molecule has 0 aliphatic heterocycles. The van der Waals surface area contributed by atoms with Gasteiger partial charge in [0.05, 0.1) is 15.1 Å². The molecular weight excluding hydrogens is 535 g/mol. The highest BCUT2D eigenvalue weighted by Gasteiger charge is 2.49. The van der Waals surface area contributed by atoms with Gasteiger partial charge in [-0.1, -0.05) is 82.1 Å². The third-order valence-corrected chi connectivity index (χ3v) is 11.7. The Hall–Kier alpha value is -1.26. The number of unbranched alkanes of at least 4 members (excludes halogenated alkanes) is 3. The molecule has 11 heteroatoms. The highest BCUT2D eigenvalue weighted by atomic mass is 32.2. The van der Waals surface area contributed by atoms with Crippen LogP contribution in [0, 0.1) is 0 Å². The van der Waals surface area contributed by atoms with Crippen LogP contribution in [0.2, 0.25) is 0 Å². The van der Waals surface area contributed by atoms with Crippen molar-refractivity contribution in [1.82, 2.24) is 9.71 Å². The van der Waals surface area contributed by atoms with E-state index in [2.05, 4.69) is 16.6 Å². The van der Waals surface area contributed by atoms with Gasteiger partial charge in [-0.2, -0.15) is 4.72 Å². The van der Waals surface area contributed by atoms with E-state index in [4.69, 9.17) is 0 Å². The number of fused-ring (bicyclic) bond motifs is 1. The zero-order chi connectivity index (χ0) is 26.4. The Labute approximate surface area is 222 Å². The normalized spacial score (nSPS) is 13.8. The van der Waals surface area contributed by atoms with Crippen molar-refractivity contribution in [3.8, 4) is 0 Å². The topological polar surface area (TPSA) is 117 Å². The van der Waals surface area contributed by atoms with Gasteiger partial charge in [0.2, 0.25) is 10.0 Å². The van der Waals surface area contributed by atoms with Crippen LogP contribution in [0.3, 0.4) is 0 Å². The lowest BCUT2D eigenvalue weighted by Gasteiger charge is -2.40. The molecule has 0 aliphatic carbocycles. The first-order valence-corrected chi connectivity index (χ1v) is 17.2. The lowest BCUT2D eigenvalue weighted by molar-refractivity contribution is 0.286. The number of thioether (sulfide) groups is 1. The van der Waals surface area contributed by atoms with Crippen LogP contribution in [0.4, 0.5) is 0 Å². The molecule has 0 spiro atoms. The van der Waals surface area contributed by atoms with Gasteiger partial charge in [-0.3, -0.25) is 4.57 Å². The third kappa shape index (κ3) is 6.78. The van der Waals surface area contributed by atoms with Gasteiger partial charge in [0.1, 0.15) is 5.78 Å². The molecule has 1 heterocycles. The van der Waals surface area contributed by atoms with E-state index in [1.807, 2.05) is 19.9 Å². The molecule has 0 amide bonds. The van der Waals surface area contributed by atoms with Crippen molar-refractivity contribution in [3.63, 3.8) is 0 Å². The smallest absolute Gasteiger partial charge is 0.323 e. The fourth-order valence-electron chi connectivity index (χ4n) is 4.49. The number of benzene rings is 2. The van der Waals surface area contributed by atoms with E-state index >= 15 is 0 Å². The largest absolute Gasteiger partial charge is 0.344 e. The van der Waals surface area contributed by atoms with Crippen LogP contribution in [-0.4, -0.2) is 34.7 Å². The van der Waals surface area contributed by atoms with E-state index in [-0.39, 0.29) is 4.90 Å². The van der Waals surface area contributed by atoms with Crippen molar-refractivity contribution in [2.75, 3.05) is 5.75 Å². The maximum atomic E-state index is 13.4. The molecular formula is C25H35N2O5PS3. The Bertz CT molecular complexity index is 1290. The second kappa shape index (κ2) is 12.5. The summed E-state index contributed by atoms with van der Waals surface area (Å²) in [7, 11) is -9.11. The van der Waals surface area contributed by atoms with E-state index in [1.54, 1.807) is 42.1 Å². The first kappa shape index (κ1) is 29.3. The van der Waals surface area contributed by atoms with E-state index in [0.717, 1.165) is 21.2 Å². The SMILES string of the molecule is CCCCCCSc1nc2ccc(S(=O)(=O)NC(C(CC)(CC)c3ccccc3)P(=O)(O)O)cc2s1. The first-order valence-electron chi connectivity index (χ1n) is 12.2. The average molecular weight is 571 g/mol. The Morgan fingerprint density at radius 1 is 1.06 bits per heavy atom. The molecule has 0 fully saturated rings. The maximum absolute atomic E-state index is 13.4. The molecule has 0 radical (unpaired) electrons. The number of rotatable bonds is 14. The van der Waals surface area contributed by atoms with Gasteiger partial charge >= 0.3 is 7.60 Å². The van der Waals surface area contributed by atoms with Crippen LogP contribution >= 0.6 is 30.7 Å². The van der Waals surface area contributed by atoms with E-state index in [0.29, 0.717) is 23.9 Å². The quantitative estimate of drug-likeness (QED) is 0.115. The molecule has 1 aromatic heterocycles. The monoisotopic (exact) mass is 570 g/mol. The fourth-order valence-corrected chi connectivity index (χ4v) is 10.0. The molecule has 0 saturated heterocycles. The molecule has 3 aromatic rings. The molecule has 2 aromatic carbocycles. The number of hydrogen-bond donors (Lipinski definition) is 3. The predicted octanol–water partition coefficient (Wildman–Crippen LogP) is 6.51. The van der Waals surface area contributed by atoms with E-state index < -0.39 is 28.8 Å². The number of nitrogens with one attached hydrogen (secondary N) is 1. The van der Waals surface area contributed by atoms with Gasteiger partial charge in [-0.05, 0) is 43.0 Å². The van der Waals surface area contributed by atoms with Gasteiger partial charge < -0.3 is 9.79 Å². The zero-order valence-electron chi connectivity index (χ0n) is 20.9. The minimum atomic E-state index is -4.88. The Balaban J connectivity index is 1.91. The second-order valence-corrected chi connectivity index (χ2v) is 14.6. The summed E-state index contributed by atoms with van der Waals surface area (Å²) in [5.41, 5.74) is 0.315. The summed E-state index contributed by atoms with van der Waals surface area (Å²) in [6.45, 7) is 5.81. The van der Waals surface area contributed by atoms with Crippen molar-refractivity contribution in [3.05, 3.63) is 54.1 Å². The zero-order valence-corrected chi connectivity index (χ0v) is 24.2. The molecule has 0 aliphatic rings. The van der Waals surface area contributed by atoms with Crippen molar-refractivity contribution in [2.45, 2.75) is 79.7 Å². The van der Waals surface area contributed by atoms with Crippen LogP contribution in [0.1, 0.15) is 64.9 Å². The predicted molar refractivity (Wildman–Crippen MR) is 149 cm³/mol. The minimum absolute atomic E-state index is 0.0363. The van der Waals surface area contributed by atoms with Gasteiger partial charge in [-0.25, -0.2) is 13.4 Å². The maximum Gasteiger partial charge on any atom is 0.344 e. The van der Waals surface area contributed by atoms with Crippen LogP contribution in [0.15, 0.2) is 57.8 Å². The standard InChI is InChI=1S/C25H35N2O5PS3/c1-4-7-8-12-17-34-24-26-21-16-15-20(18-22(21)35-24)36(31,32)27-23(33(28,29)30)25(5-2,6-3)19-13-10-9-11-14-19/h9-11,13-16,18,23,27H,4-8,12,17H2,1-3H3,(H2,28,29,30). The summed E-state index contributed by atoms with van der Waals surface area (Å²) in [4.78, 5) is 25.2. The summed E-state index contributed by atoms with van der Waals surface area (Å²) in [5, 5.41) is 0. The van der Waals surface area contributed by atoms with Crippen molar-refractivity contribution in [2.24, 2.45) is 0 Å². The molecule has 36 heavy (non-hydrogen) atoms. The summed E-state index contributed by atoms with van der Waals surface area (Å²) in [6.07, 6.45) is 5.38. The summed E-state index contributed by atoms with van der Waals surface area (Å²) in [6, 6.07) is 13.6. The van der Waals surface area contributed by atoms with Gasteiger partial charge in [0.15, 0.2) is 4.34 Å². The van der Waals surface area contributed by atoms with Crippen molar-refractivity contribution >= 4 is 50.9 Å². The number of hydrogen-bond acceptors (Lipinski definition) is 6.